The van der Waals surface area contributed by atoms with E-state index >= 15 is 0 Å². The van der Waals surface area contributed by atoms with Gasteiger partial charge in [-0.3, -0.25) is 0 Å². The van der Waals surface area contributed by atoms with Crippen molar-refractivity contribution in [2.75, 3.05) is 0 Å². The number of aryl methyl sites for hydroxylation is 2. The highest BCUT2D eigenvalue weighted by Gasteiger charge is 2.28. The fourth-order valence-electron chi connectivity index (χ4n) is 2.91. The van der Waals surface area contributed by atoms with Crippen LogP contribution in [-0.2, 0) is 6.42 Å². The van der Waals surface area contributed by atoms with E-state index in [1.54, 1.807) is 0 Å². The van der Waals surface area contributed by atoms with Crippen LogP contribution in [0.15, 0.2) is 48.5 Å². The van der Waals surface area contributed by atoms with Gasteiger partial charge in [0.25, 0.3) is 0 Å². The van der Waals surface area contributed by atoms with Crippen molar-refractivity contribution in [3.05, 3.63) is 70.8 Å². The van der Waals surface area contributed by atoms with E-state index in [1.165, 1.54) is 16.7 Å². The molecular weight excluding hydrogens is 220 g/mol. The van der Waals surface area contributed by atoms with E-state index in [0.717, 1.165) is 18.4 Å². The molecule has 2 unspecified atom stereocenters. The Morgan fingerprint density at radius 1 is 1.06 bits per heavy atom. The van der Waals surface area contributed by atoms with Gasteiger partial charge in [-0.25, -0.2) is 0 Å². The van der Waals surface area contributed by atoms with Crippen LogP contribution in [0, 0.1) is 6.92 Å². The topological polar surface area (TPSA) is 20.2 Å². The lowest BCUT2D eigenvalue weighted by Gasteiger charge is -2.19. The molecule has 0 fully saturated rings. The molecule has 3 rings (SSSR count). The summed E-state index contributed by atoms with van der Waals surface area (Å²) in [6.07, 6.45) is 1.76. The van der Waals surface area contributed by atoms with E-state index in [9.17, 15) is 5.11 Å². The molecule has 0 heterocycles. The van der Waals surface area contributed by atoms with Crippen molar-refractivity contribution < 1.29 is 5.11 Å². The van der Waals surface area contributed by atoms with Crippen LogP contribution in [0.4, 0.5) is 0 Å². The number of fused-ring (bicyclic) bond motifs is 1. The second-order valence-electron chi connectivity index (χ2n) is 5.20. The van der Waals surface area contributed by atoms with Gasteiger partial charge in [-0.2, -0.15) is 0 Å². The lowest BCUT2D eigenvalue weighted by Crippen LogP contribution is -2.08. The fraction of sp³-hybridized carbons (Fsp3) is 0.294. The van der Waals surface area contributed by atoms with Crippen LogP contribution in [0.5, 0.6) is 0 Å². The maximum Gasteiger partial charge on any atom is 0.0858 e. The Morgan fingerprint density at radius 3 is 2.56 bits per heavy atom. The summed E-state index contributed by atoms with van der Waals surface area (Å²) in [5.74, 6) is 0.254. The first-order valence-electron chi connectivity index (χ1n) is 6.58. The molecule has 0 spiro atoms. The van der Waals surface area contributed by atoms with Gasteiger partial charge in [-0.15, -0.1) is 0 Å². The summed E-state index contributed by atoms with van der Waals surface area (Å²) in [4.78, 5) is 0. The molecule has 0 saturated carbocycles. The van der Waals surface area contributed by atoms with E-state index in [2.05, 4.69) is 43.3 Å². The van der Waals surface area contributed by atoms with Gasteiger partial charge in [0.1, 0.15) is 0 Å². The van der Waals surface area contributed by atoms with Crippen LogP contribution in [0.2, 0.25) is 0 Å². The molecule has 2 atom stereocenters. The number of benzene rings is 2. The van der Waals surface area contributed by atoms with Crippen LogP contribution in [-0.4, -0.2) is 5.11 Å². The van der Waals surface area contributed by atoms with E-state index in [1.807, 2.05) is 12.1 Å². The molecule has 1 aliphatic rings. The third-order valence-electron chi connectivity index (χ3n) is 3.98. The van der Waals surface area contributed by atoms with E-state index in [0.29, 0.717) is 0 Å². The lowest BCUT2D eigenvalue weighted by molar-refractivity contribution is 0.145. The molecule has 0 saturated heterocycles. The summed E-state index contributed by atoms with van der Waals surface area (Å²) in [6, 6.07) is 16.7. The van der Waals surface area contributed by atoms with E-state index in [4.69, 9.17) is 0 Å². The minimum Gasteiger partial charge on any atom is -0.388 e. The highest BCUT2D eigenvalue weighted by Crippen LogP contribution is 2.41. The van der Waals surface area contributed by atoms with Crippen LogP contribution < -0.4 is 0 Å². The Kier molecular flexibility index (Phi) is 2.92. The van der Waals surface area contributed by atoms with Crippen LogP contribution >= 0.6 is 0 Å². The maximum absolute atomic E-state index is 10.6. The molecule has 92 valence electrons. The summed E-state index contributed by atoms with van der Waals surface area (Å²) in [5.41, 5.74) is 4.99. The Hall–Kier alpha value is -1.60. The van der Waals surface area contributed by atoms with Gasteiger partial charge in [0, 0.05) is 5.92 Å². The molecule has 2 aromatic rings. The van der Waals surface area contributed by atoms with E-state index < -0.39 is 0 Å². The Labute approximate surface area is 108 Å². The lowest BCUT2D eigenvalue weighted by atomic mass is 9.90. The van der Waals surface area contributed by atoms with Crippen molar-refractivity contribution in [2.24, 2.45) is 0 Å². The zero-order chi connectivity index (χ0) is 12.5. The van der Waals surface area contributed by atoms with Crippen molar-refractivity contribution >= 4 is 0 Å². The van der Waals surface area contributed by atoms with Crippen molar-refractivity contribution in [3.8, 4) is 0 Å². The predicted octanol–water partition coefficient (Wildman–Crippen LogP) is 3.76. The molecule has 1 N–H and O–H groups in total. The number of aliphatic hydroxyl groups is 1. The molecule has 0 aromatic heterocycles. The minimum atomic E-state index is -0.380. The second kappa shape index (κ2) is 4.58. The highest BCUT2D eigenvalue weighted by atomic mass is 16.3. The van der Waals surface area contributed by atoms with Gasteiger partial charge < -0.3 is 5.11 Å². The molecule has 1 nitrogen and oxygen atoms in total. The quantitative estimate of drug-likeness (QED) is 0.844. The van der Waals surface area contributed by atoms with Crippen molar-refractivity contribution in [1.29, 1.82) is 0 Å². The average molecular weight is 238 g/mol. The van der Waals surface area contributed by atoms with Crippen molar-refractivity contribution in [3.63, 3.8) is 0 Å². The van der Waals surface area contributed by atoms with Gasteiger partial charge in [0.15, 0.2) is 0 Å². The standard InChI is InChI=1S/C17H18O/c1-12-6-8-14(9-7-12)17(18)16-11-10-13-4-2-3-5-15(13)16/h2-9,16-18H,10-11H2,1H3. The van der Waals surface area contributed by atoms with Crippen molar-refractivity contribution in [1.82, 2.24) is 0 Å². The SMILES string of the molecule is Cc1ccc(C(O)C2CCc3ccccc32)cc1. The normalized spacial score (nSPS) is 19.6. The number of rotatable bonds is 2. The number of hydrogen-bond acceptors (Lipinski definition) is 1. The molecular formula is C17H18O. The van der Waals surface area contributed by atoms with Gasteiger partial charge in [-0.1, -0.05) is 54.1 Å². The zero-order valence-electron chi connectivity index (χ0n) is 10.6. The van der Waals surface area contributed by atoms with Gasteiger partial charge in [0.05, 0.1) is 6.10 Å². The first-order valence-corrected chi connectivity index (χ1v) is 6.58. The third-order valence-corrected chi connectivity index (χ3v) is 3.98. The molecule has 0 bridgehead atoms. The Morgan fingerprint density at radius 2 is 1.78 bits per heavy atom. The molecule has 0 amide bonds. The third kappa shape index (κ3) is 1.95. The number of aliphatic hydroxyl groups excluding tert-OH is 1. The minimum absolute atomic E-state index is 0.254. The Balaban J connectivity index is 1.90. The number of hydrogen-bond donors (Lipinski definition) is 1. The van der Waals surface area contributed by atoms with Crippen molar-refractivity contribution in [2.45, 2.75) is 31.8 Å². The molecule has 2 aromatic carbocycles. The summed E-state index contributed by atoms with van der Waals surface area (Å²) >= 11 is 0. The van der Waals surface area contributed by atoms with Crippen LogP contribution in [0.25, 0.3) is 0 Å². The second-order valence-corrected chi connectivity index (χ2v) is 5.20. The van der Waals surface area contributed by atoms with Crippen LogP contribution in [0.1, 0.15) is 40.7 Å². The summed E-state index contributed by atoms with van der Waals surface area (Å²) < 4.78 is 0. The zero-order valence-corrected chi connectivity index (χ0v) is 10.6. The first kappa shape index (κ1) is 11.5. The largest absolute Gasteiger partial charge is 0.388 e. The monoisotopic (exact) mass is 238 g/mol. The average Bonchev–Trinajstić information content (AvgIpc) is 2.82. The summed E-state index contributed by atoms with van der Waals surface area (Å²) in [6.45, 7) is 2.07. The smallest absolute Gasteiger partial charge is 0.0858 e. The first-order chi connectivity index (χ1) is 8.75. The maximum atomic E-state index is 10.6. The van der Waals surface area contributed by atoms with Crippen LogP contribution in [0.3, 0.4) is 0 Å². The fourth-order valence-corrected chi connectivity index (χ4v) is 2.91. The molecule has 1 heteroatoms. The van der Waals surface area contributed by atoms with Gasteiger partial charge in [-0.05, 0) is 36.5 Å². The highest BCUT2D eigenvalue weighted by molar-refractivity contribution is 5.37. The predicted molar refractivity (Wildman–Crippen MR) is 73.6 cm³/mol. The molecule has 1 aliphatic carbocycles. The summed E-state index contributed by atoms with van der Waals surface area (Å²) in [5, 5.41) is 10.6. The summed E-state index contributed by atoms with van der Waals surface area (Å²) in [7, 11) is 0. The van der Waals surface area contributed by atoms with Gasteiger partial charge in [0.2, 0.25) is 0 Å². The van der Waals surface area contributed by atoms with E-state index in [-0.39, 0.29) is 12.0 Å². The Bertz CT molecular complexity index is 542. The van der Waals surface area contributed by atoms with Gasteiger partial charge >= 0.3 is 0 Å². The molecule has 18 heavy (non-hydrogen) atoms. The molecule has 0 radical (unpaired) electrons. The molecule has 0 aliphatic heterocycles.